The summed E-state index contributed by atoms with van der Waals surface area (Å²) in [7, 11) is 0. The molecular weight excluding hydrogens is 463 g/mol. The van der Waals surface area contributed by atoms with E-state index in [2.05, 4.69) is 33.2 Å². The van der Waals surface area contributed by atoms with Crippen molar-refractivity contribution >= 4 is 29.9 Å². The van der Waals surface area contributed by atoms with Crippen LogP contribution in [0.1, 0.15) is 44.0 Å². The summed E-state index contributed by atoms with van der Waals surface area (Å²) in [6.07, 6.45) is 11.2. The van der Waals surface area contributed by atoms with Crippen LogP contribution >= 0.6 is 24.0 Å². The zero-order valence-electron chi connectivity index (χ0n) is 16.8. The fraction of sp³-hybridized carbons (Fsp3) is 0.571. The summed E-state index contributed by atoms with van der Waals surface area (Å²) in [6.45, 7) is 7.95. The van der Waals surface area contributed by atoms with Crippen LogP contribution in [0, 0.1) is 18.8 Å². The number of fused-ring (bicyclic) bond motifs is 1. The van der Waals surface area contributed by atoms with E-state index in [0.717, 1.165) is 54.6 Å². The number of hydrogen-bond donors (Lipinski definition) is 1. The second kappa shape index (κ2) is 9.71. The van der Waals surface area contributed by atoms with Gasteiger partial charge in [-0.05, 0) is 44.6 Å². The van der Waals surface area contributed by atoms with Gasteiger partial charge in [-0.3, -0.25) is 4.57 Å². The number of nitrogens with one attached hydrogen (secondary N) is 1. The van der Waals surface area contributed by atoms with Gasteiger partial charge in [-0.2, -0.15) is 0 Å². The molecule has 2 aromatic heterocycles. The summed E-state index contributed by atoms with van der Waals surface area (Å²) in [5.41, 5.74) is 1.12. The van der Waals surface area contributed by atoms with Gasteiger partial charge in [-0.1, -0.05) is 18.9 Å². The van der Waals surface area contributed by atoms with Gasteiger partial charge in [0.25, 0.3) is 0 Å². The van der Waals surface area contributed by atoms with Crippen LogP contribution in [0.5, 0.6) is 0 Å². The molecule has 0 spiro atoms. The van der Waals surface area contributed by atoms with Crippen LogP contribution in [0.15, 0.2) is 35.7 Å². The number of rotatable bonds is 4. The van der Waals surface area contributed by atoms with Gasteiger partial charge in [0, 0.05) is 43.8 Å². The second-order valence-corrected chi connectivity index (χ2v) is 7.71. The van der Waals surface area contributed by atoms with Gasteiger partial charge in [0.2, 0.25) is 0 Å². The Hall–Kier alpha value is -1.64. The number of aliphatic imine (C=N–C) groups is 1. The fourth-order valence-electron chi connectivity index (χ4n) is 4.54. The average Bonchev–Trinajstić information content (AvgIpc) is 3.31. The standard InChI is InChI=1S/C21H30N6.HI/c1-3-22-21(26-14-18-7-4-5-8-19(18)15-26)25-13-17-9-6-10-24-20(17)27-12-11-23-16(27)2;/h6,9-12,18-19H,3-5,7-8,13-15H2,1-2H3,(H,22,25);1H. The quantitative estimate of drug-likeness (QED) is 0.400. The molecule has 2 fully saturated rings. The van der Waals surface area contributed by atoms with E-state index < -0.39 is 0 Å². The molecule has 1 saturated carbocycles. The van der Waals surface area contributed by atoms with Gasteiger partial charge < -0.3 is 10.2 Å². The van der Waals surface area contributed by atoms with E-state index in [0.29, 0.717) is 6.54 Å². The molecule has 152 valence electrons. The van der Waals surface area contributed by atoms with Crippen molar-refractivity contribution in [3.63, 3.8) is 0 Å². The van der Waals surface area contributed by atoms with Crippen molar-refractivity contribution in [3.05, 3.63) is 42.1 Å². The van der Waals surface area contributed by atoms with Gasteiger partial charge in [0.15, 0.2) is 5.96 Å². The largest absolute Gasteiger partial charge is 0.357 e. The molecule has 0 amide bonds. The van der Waals surface area contributed by atoms with Crippen LogP contribution in [-0.2, 0) is 6.54 Å². The highest BCUT2D eigenvalue weighted by molar-refractivity contribution is 14.0. The molecule has 0 bridgehead atoms. The third-order valence-corrected chi connectivity index (χ3v) is 5.93. The van der Waals surface area contributed by atoms with Crippen LogP contribution in [0.2, 0.25) is 0 Å². The first-order valence-electron chi connectivity index (χ1n) is 10.2. The molecule has 2 atom stereocenters. The van der Waals surface area contributed by atoms with Crippen molar-refractivity contribution in [2.45, 2.75) is 46.1 Å². The molecule has 0 aromatic carbocycles. The molecule has 28 heavy (non-hydrogen) atoms. The number of nitrogens with zero attached hydrogens (tertiary/aromatic N) is 5. The second-order valence-electron chi connectivity index (χ2n) is 7.71. The lowest BCUT2D eigenvalue weighted by atomic mass is 9.82. The van der Waals surface area contributed by atoms with Crippen molar-refractivity contribution in [1.82, 2.24) is 24.8 Å². The SMILES string of the molecule is CCNC(=NCc1cccnc1-n1ccnc1C)N1CC2CCCCC2C1.I. The minimum absolute atomic E-state index is 0. The Kier molecular flexibility index (Phi) is 7.31. The van der Waals surface area contributed by atoms with E-state index in [4.69, 9.17) is 4.99 Å². The maximum Gasteiger partial charge on any atom is 0.194 e. The lowest BCUT2D eigenvalue weighted by molar-refractivity contribution is 0.299. The monoisotopic (exact) mass is 494 g/mol. The van der Waals surface area contributed by atoms with Crippen molar-refractivity contribution in [3.8, 4) is 5.82 Å². The lowest BCUT2D eigenvalue weighted by Crippen LogP contribution is -2.40. The number of guanidine groups is 1. The first-order chi connectivity index (χ1) is 13.3. The molecule has 7 heteroatoms. The summed E-state index contributed by atoms with van der Waals surface area (Å²) in [4.78, 5) is 16.4. The molecule has 6 nitrogen and oxygen atoms in total. The highest BCUT2D eigenvalue weighted by atomic mass is 127. The number of halogens is 1. The molecule has 1 aliphatic carbocycles. The zero-order chi connectivity index (χ0) is 18.6. The van der Waals surface area contributed by atoms with Crippen molar-refractivity contribution < 1.29 is 0 Å². The predicted octanol–water partition coefficient (Wildman–Crippen LogP) is 3.78. The van der Waals surface area contributed by atoms with Crippen LogP contribution in [-0.4, -0.2) is 45.0 Å². The van der Waals surface area contributed by atoms with Crippen molar-refractivity contribution in [2.75, 3.05) is 19.6 Å². The van der Waals surface area contributed by atoms with E-state index in [-0.39, 0.29) is 24.0 Å². The van der Waals surface area contributed by atoms with E-state index in [1.165, 1.54) is 25.7 Å². The third kappa shape index (κ3) is 4.50. The number of aryl methyl sites for hydroxylation is 1. The Bertz CT molecular complexity index is 788. The van der Waals surface area contributed by atoms with Crippen molar-refractivity contribution in [1.29, 1.82) is 0 Å². The lowest BCUT2D eigenvalue weighted by Gasteiger charge is -2.22. The molecule has 2 unspecified atom stereocenters. The average molecular weight is 494 g/mol. The summed E-state index contributed by atoms with van der Waals surface area (Å²) in [5.74, 6) is 4.61. The minimum atomic E-state index is 0. The summed E-state index contributed by atoms with van der Waals surface area (Å²) in [5, 5.41) is 3.51. The number of aromatic nitrogens is 3. The number of hydrogen-bond acceptors (Lipinski definition) is 3. The molecular formula is C21H31IN6. The Labute approximate surface area is 184 Å². The highest BCUT2D eigenvalue weighted by Crippen LogP contribution is 2.36. The van der Waals surface area contributed by atoms with E-state index in [1.54, 1.807) is 0 Å². The van der Waals surface area contributed by atoms with E-state index in [9.17, 15) is 0 Å². The predicted molar refractivity (Wildman–Crippen MR) is 123 cm³/mol. The molecule has 4 rings (SSSR count). The van der Waals surface area contributed by atoms with Gasteiger partial charge in [0.05, 0.1) is 6.54 Å². The molecule has 1 aliphatic heterocycles. The van der Waals surface area contributed by atoms with Crippen LogP contribution in [0.4, 0.5) is 0 Å². The summed E-state index contributed by atoms with van der Waals surface area (Å²) in [6, 6.07) is 4.09. The van der Waals surface area contributed by atoms with Crippen LogP contribution < -0.4 is 5.32 Å². The Balaban J connectivity index is 0.00000225. The Morgan fingerprint density at radius 1 is 1.18 bits per heavy atom. The maximum absolute atomic E-state index is 4.98. The first-order valence-corrected chi connectivity index (χ1v) is 10.2. The van der Waals surface area contributed by atoms with Gasteiger partial charge in [-0.15, -0.1) is 24.0 Å². The third-order valence-electron chi connectivity index (χ3n) is 5.93. The summed E-state index contributed by atoms with van der Waals surface area (Å²) >= 11 is 0. The summed E-state index contributed by atoms with van der Waals surface area (Å²) < 4.78 is 2.03. The smallest absolute Gasteiger partial charge is 0.194 e. The van der Waals surface area contributed by atoms with Gasteiger partial charge in [-0.25, -0.2) is 15.0 Å². The van der Waals surface area contributed by atoms with E-state index in [1.807, 2.05) is 36.1 Å². The molecule has 1 N–H and O–H groups in total. The number of imidazole rings is 1. The normalized spacial score (nSPS) is 21.9. The van der Waals surface area contributed by atoms with Gasteiger partial charge in [0.1, 0.15) is 11.6 Å². The highest BCUT2D eigenvalue weighted by Gasteiger charge is 2.35. The van der Waals surface area contributed by atoms with Crippen LogP contribution in [0.3, 0.4) is 0 Å². The molecule has 3 heterocycles. The number of likely N-dealkylation sites (tertiary alicyclic amines) is 1. The van der Waals surface area contributed by atoms with Gasteiger partial charge >= 0.3 is 0 Å². The maximum atomic E-state index is 4.98. The molecule has 0 radical (unpaired) electrons. The van der Waals surface area contributed by atoms with Crippen LogP contribution in [0.25, 0.3) is 5.82 Å². The van der Waals surface area contributed by atoms with E-state index >= 15 is 0 Å². The topological polar surface area (TPSA) is 58.3 Å². The molecule has 2 aliphatic rings. The Morgan fingerprint density at radius 3 is 2.57 bits per heavy atom. The molecule has 2 aromatic rings. The fourth-order valence-corrected chi connectivity index (χ4v) is 4.54. The zero-order valence-corrected chi connectivity index (χ0v) is 19.2. The van der Waals surface area contributed by atoms with Crippen molar-refractivity contribution in [2.24, 2.45) is 16.8 Å². The first kappa shape index (κ1) is 21.1. The number of pyridine rings is 1. The minimum Gasteiger partial charge on any atom is -0.357 e. The Morgan fingerprint density at radius 2 is 1.93 bits per heavy atom. The molecule has 1 saturated heterocycles.